The van der Waals surface area contributed by atoms with E-state index in [4.69, 9.17) is 0 Å². The quantitative estimate of drug-likeness (QED) is 0.285. The molecule has 0 heterocycles. The van der Waals surface area contributed by atoms with Crippen molar-refractivity contribution in [2.24, 2.45) is 0 Å². The topological polar surface area (TPSA) is 26.3 Å². The van der Waals surface area contributed by atoms with Crippen molar-refractivity contribution >= 4 is 17.7 Å². The summed E-state index contributed by atoms with van der Waals surface area (Å²) in [5, 5.41) is 0. The number of rotatable bonds is 4. The Bertz CT molecular complexity index is 646. The number of ether oxygens (including phenoxy) is 1. The summed E-state index contributed by atoms with van der Waals surface area (Å²) in [7, 11) is 1.37. The predicted octanol–water partition coefficient (Wildman–Crippen LogP) is 4.89. The summed E-state index contributed by atoms with van der Waals surface area (Å²) in [4.78, 5) is 12.0. The Balaban J connectivity index is 0.000000235. The molecule has 0 saturated heterocycles. The third-order valence-electron chi connectivity index (χ3n) is 2.96. The zero-order valence-corrected chi connectivity index (χ0v) is 14.7. The zero-order valence-electron chi connectivity index (χ0n) is 12.8. The van der Waals surface area contributed by atoms with E-state index in [0.717, 1.165) is 5.75 Å². The summed E-state index contributed by atoms with van der Waals surface area (Å²) < 4.78 is 4.46. The molecule has 0 atom stereocenters. The summed E-state index contributed by atoms with van der Waals surface area (Å²) in [6.07, 6.45) is 0. The summed E-state index contributed by atoms with van der Waals surface area (Å²) >= 11 is 1.88. The van der Waals surface area contributed by atoms with Crippen molar-refractivity contribution in [2.75, 3.05) is 7.11 Å². The Kier molecular flexibility index (Phi) is 9.15. The van der Waals surface area contributed by atoms with Crippen LogP contribution in [-0.4, -0.2) is 13.1 Å². The van der Waals surface area contributed by atoms with Crippen molar-refractivity contribution in [2.45, 2.75) is 10.6 Å². The van der Waals surface area contributed by atoms with Gasteiger partial charge >= 0.3 is 0 Å². The molecule has 0 radical (unpaired) electrons. The molecule has 0 aromatic heterocycles. The van der Waals surface area contributed by atoms with E-state index in [9.17, 15) is 4.79 Å². The number of carbonyl (C=O) groups excluding carboxylic acids is 1. The van der Waals surface area contributed by atoms with E-state index in [-0.39, 0.29) is 23.0 Å². The van der Waals surface area contributed by atoms with Crippen LogP contribution in [0.4, 0.5) is 0 Å². The first-order valence-electron chi connectivity index (χ1n) is 6.98. The fraction of sp³-hybridized carbons (Fsp3) is 0.105. The van der Waals surface area contributed by atoms with Gasteiger partial charge in [0.05, 0.1) is 7.11 Å². The van der Waals surface area contributed by atoms with Gasteiger partial charge < -0.3 is 34.6 Å². The van der Waals surface area contributed by atoms with Crippen LogP contribution in [0.15, 0.2) is 83.8 Å². The molecule has 0 aliphatic heterocycles. The minimum atomic E-state index is -0.278. The number of carbonyl (C=O) groups is 1. The molecular formula is C19H18FeO2S-6. The van der Waals surface area contributed by atoms with E-state index < -0.39 is 0 Å². The average molecular weight is 366 g/mol. The molecule has 3 aromatic rings. The standard InChI is InChI=1S/C12H11S.C7H7O2.Fe/c1-2-8-12(9-3-1)13-10-11-6-4-5-7-11;1-9-7(8)6-4-2-3-5-6;/h1-9H,10H2;2-5H,1H3;/q-5;-1;. The van der Waals surface area contributed by atoms with Crippen LogP contribution in [0.1, 0.15) is 15.9 Å². The van der Waals surface area contributed by atoms with Crippen molar-refractivity contribution in [1.82, 2.24) is 0 Å². The van der Waals surface area contributed by atoms with E-state index in [0.29, 0.717) is 5.56 Å². The van der Waals surface area contributed by atoms with Crippen molar-refractivity contribution in [3.8, 4) is 0 Å². The maximum atomic E-state index is 10.7. The Hall–Kier alpha value is -1.74. The SMILES string of the molecule is COC(=O)[c-]1cccc1.[Fe].c1ccc(SC[c-]2[cH-][cH-][cH-][cH-]2)cc1. The summed E-state index contributed by atoms with van der Waals surface area (Å²) in [5.74, 6) is 0.789. The number of thioether (sulfide) groups is 1. The van der Waals surface area contributed by atoms with Crippen LogP contribution in [0, 0.1) is 0 Å². The number of esters is 1. The largest absolute Gasteiger partial charge is 0.748 e. The zero-order chi connectivity index (χ0) is 15.6. The molecule has 0 spiro atoms. The molecule has 23 heavy (non-hydrogen) atoms. The first kappa shape index (κ1) is 19.3. The van der Waals surface area contributed by atoms with E-state index in [1.165, 1.54) is 17.6 Å². The molecule has 2 nitrogen and oxygen atoms in total. The number of methoxy groups -OCH3 is 1. The molecule has 0 saturated carbocycles. The summed E-state index contributed by atoms with van der Waals surface area (Å²) in [5.41, 5.74) is 2.01. The fourth-order valence-corrected chi connectivity index (χ4v) is 2.70. The maximum absolute atomic E-state index is 10.7. The van der Waals surface area contributed by atoms with E-state index >= 15 is 0 Å². The van der Waals surface area contributed by atoms with Crippen LogP contribution in [0.2, 0.25) is 0 Å². The van der Waals surface area contributed by atoms with Crippen LogP contribution in [0.25, 0.3) is 0 Å². The first-order valence-corrected chi connectivity index (χ1v) is 7.96. The Labute approximate surface area is 152 Å². The van der Waals surface area contributed by atoms with Crippen LogP contribution >= 0.6 is 11.8 Å². The number of benzene rings is 1. The van der Waals surface area contributed by atoms with E-state index in [1.54, 1.807) is 24.3 Å². The van der Waals surface area contributed by atoms with Gasteiger partial charge in [-0.2, -0.15) is 29.6 Å². The molecule has 0 bridgehead atoms. The molecule has 3 rings (SSSR count). The first-order chi connectivity index (χ1) is 10.8. The third-order valence-corrected chi connectivity index (χ3v) is 4.05. The van der Waals surface area contributed by atoms with Crippen LogP contribution in [-0.2, 0) is 27.6 Å². The third kappa shape index (κ3) is 6.91. The van der Waals surface area contributed by atoms with Crippen LogP contribution < -0.4 is 0 Å². The van der Waals surface area contributed by atoms with Crippen LogP contribution in [0.3, 0.4) is 0 Å². The molecule has 0 N–H and O–H groups in total. The summed E-state index contributed by atoms with van der Waals surface area (Å²) in [6, 6.07) is 26.0. The van der Waals surface area contributed by atoms with Gasteiger partial charge in [-0.1, -0.05) is 23.8 Å². The van der Waals surface area contributed by atoms with Crippen molar-refractivity contribution in [1.29, 1.82) is 0 Å². The minimum Gasteiger partial charge on any atom is -0.748 e. The van der Waals surface area contributed by atoms with Gasteiger partial charge in [-0.25, -0.2) is 12.1 Å². The Morgan fingerprint density at radius 1 is 1.09 bits per heavy atom. The van der Waals surface area contributed by atoms with Crippen molar-refractivity contribution in [3.63, 3.8) is 0 Å². The second kappa shape index (κ2) is 10.9. The molecular weight excluding hydrogens is 348 g/mol. The number of hydrogen-bond donors (Lipinski definition) is 0. The van der Waals surface area contributed by atoms with Gasteiger partial charge in [0, 0.05) is 22.0 Å². The molecule has 0 amide bonds. The molecule has 126 valence electrons. The molecule has 3 aromatic carbocycles. The van der Waals surface area contributed by atoms with Gasteiger partial charge in [0.25, 0.3) is 5.97 Å². The van der Waals surface area contributed by atoms with Gasteiger partial charge in [-0.05, 0) is 12.1 Å². The Morgan fingerprint density at radius 3 is 2.26 bits per heavy atom. The molecule has 0 fully saturated rings. The summed E-state index contributed by atoms with van der Waals surface area (Å²) in [6.45, 7) is 0. The van der Waals surface area contributed by atoms with Crippen LogP contribution in [0.5, 0.6) is 0 Å². The van der Waals surface area contributed by atoms with E-state index in [2.05, 4.69) is 53.3 Å². The molecule has 0 aliphatic carbocycles. The Morgan fingerprint density at radius 2 is 1.70 bits per heavy atom. The normalized spacial score (nSPS) is 9.26. The molecule has 0 unspecified atom stereocenters. The molecule has 0 aliphatic rings. The van der Waals surface area contributed by atoms with Crippen molar-refractivity contribution < 1.29 is 26.6 Å². The molecule has 4 heteroatoms. The van der Waals surface area contributed by atoms with Gasteiger partial charge in [0.2, 0.25) is 0 Å². The predicted molar refractivity (Wildman–Crippen MR) is 91.4 cm³/mol. The smallest absolute Gasteiger partial charge is 0.280 e. The van der Waals surface area contributed by atoms with Gasteiger partial charge in [-0.15, -0.1) is 0 Å². The number of hydrogen-bond acceptors (Lipinski definition) is 3. The van der Waals surface area contributed by atoms with Gasteiger partial charge in [-0.3, -0.25) is 4.79 Å². The van der Waals surface area contributed by atoms with Gasteiger partial charge in [0.1, 0.15) is 0 Å². The minimum absolute atomic E-state index is 0. The average Bonchev–Trinajstić information content (AvgIpc) is 3.27. The second-order valence-electron chi connectivity index (χ2n) is 4.56. The van der Waals surface area contributed by atoms with E-state index in [1.807, 2.05) is 17.8 Å². The maximum Gasteiger partial charge on any atom is 0.280 e. The van der Waals surface area contributed by atoms with Crippen molar-refractivity contribution in [3.05, 3.63) is 90.0 Å². The monoisotopic (exact) mass is 366 g/mol. The second-order valence-corrected chi connectivity index (χ2v) is 5.61. The van der Waals surface area contributed by atoms with Gasteiger partial charge in [0.15, 0.2) is 0 Å². The fourth-order valence-electron chi connectivity index (χ4n) is 1.82.